The van der Waals surface area contributed by atoms with Gasteiger partial charge in [-0.1, -0.05) is 13.8 Å². The van der Waals surface area contributed by atoms with Crippen molar-refractivity contribution in [3.05, 3.63) is 51.8 Å². The van der Waals surface area contributed by atoms with E-state index < -0.39 is 17.3 Å². The summed E-state index contributed by atoms with van der Waals surface area (Å²) in [6.07, 6.45) is 0. The first-order valence-corrected chi connectivity index (χ1v) is 7.00. The number of aromatic amines is 2. The molecule has 0 saturated carbocycles. The van der Waals surface area contributed by atoms with Crippen molar-refractivity contribution in [1.29, 1.82) is 0 Å². The first-order valence-electron chi connectivity index (χ1n) is 7.00. The maximum atomic E-state index is 13.3. The first-order chi connectivity index (χ1) is 10.9. The molecule has 23 heavy (non-hydrogen) atoms. The van der Waals surface area contributed by atoms with Crippen LogP contribution < -0.4 is 10.9 Å². The molecule has 3 rings (SSSR count). The van der Waals surface area contributed by atoms with E-state index in [1.807, 2.05) is 13.8 Å². The average molecular weight is 315 g/mol. The molecule has 3 N–H and O–H groups in total. The average Bonchev–Trinajstić information content (AvgIpc) is 2.94. The molecule has 118 valence electrons. The Morgan fingerprint density at radius 3 is 2.78 bits per heavy atom. The fraction of sp³-hybridized carbons (Fsp3) is 0.200. The molecule has 8 heteroatoms. The molecule has 0 aliphatic heterocycles. The molecule has 2 heterocycles. The van der Waals surface area contributed by atoms with Gasteiger partial charge >= 0.3 is 0 Å². The van der Waals surface area contributed by atoms with Crippen molar-refractivity contribution in [2.75, 3.05) is 5.32 Å². The van der Waals surface area contributed by atoms with Gasteiger partial charge in [-0.15, -0.1) is 5.10 Å². The van der Waals surface area contributed by atoms with E-state index in [0.717, 1.165) is 12.1 Å². The fourth-order valence-electron chi connectivity index (χ4n) is 2.18. The highest BCUT2D eigenvalue weighted by Crippen LogP contribution is 2.17. The van der Waals surface area contributed by atoms with Crippen LogP contribution in [-0.4, -0.2) is 26.1 Å². The van der Waals surface area contributed by atoms with Crippen LogP contribution in [0.25, 0.3) is 10.9 Å². The van der Waals surface area contributed by atoms with Crippen LogP contribution in [0.1, 0.15) is 35.9 Å². The lowest BCUT2D eigenvalue weighted by molar-refractivity contribution is 0.102. The van der Waals surface area contributed by atoms with Crippen molar-refractivity contribution in [2.24, 2.45) is 0 Å². The third-order valence-corrected chi connectivity index (χ3v) is 3.32. The highest BCUT2D eigenvalue weighted by molar-refractivity contribution is 6.11. The Morgan fingerprint density at radius 2 is 2.09 bits per heavy atom. The number of nitrogens with one attached hydrogen (secondary N) is 3. The summed E-state index contributed by atoms with van der Waals surface area (Å²) >= 11 is 0. The van der Waals surface area contributed by atoms with Gasteiger partial charge in [-0.05, 0) is 18.2 Å². The lowest BCUT2D eigenvalue weighted by atomic mass is 10.1. The van der Waals surface area contributed by atoms with Crippen LogP contribution in [0.15, 0.2) is 29.1 Å². The Labute approximate surface area is 130 Å². The third kappa shape index (κ3) is 2.96. The number of hydrogen-bond donors (Lipinski definition) is 3. The Bertz CT molecular complexity index is 944. The monoisotopic (exact) mass is 315 g/mol. The van der Waals surface area contributed by atoms with Crippen molar-refractivity contribution in [1.82, 2.24) is 20.2 Å². The van der Waals surface area contributed by atoms with Gasteiger partial charge < -0.3 is 4.98 Å². The number of nitrogens with zero attached hydrogens (tertiary/aromatic N) is 2. The molecule has 1 amide bonds. The molecular weight excluding hydrogens is 301 g/mol. The van der Waals surface area contributed by atoms with Crippen molar-refractivity contribution < 1.29 is 9.18 Å². The number of H-pyrrole nitrogens is 2. The first kappa shape index (κ1) is 14.9. The van der Waals surface area contributed by atoms with Crippen LogP contribution in [0.5, 0.6) is 0 Å². The Balaban J connectivity index is 1.98. The summed E-state index contributed by atoms with van der Waals surface area (Å²) in [5.41, 5.74) is -0.119. The van der Waals surface area contributed by atoms with Crippen molar-refractivity contribution >= 4 is 22.8 Å². The van der Waals surface area contributed by atoms with Crippen molar-refractivity contribution in [3.63, 3.8) is 0 Å². The second-order valence-electron chi connectivity index (χ2n) is 5.39. The minimum absolute atomic E-state index is 0.120. The maximum Gasteiger partial charge on any atom is 0.258 e. The zero-order chi connectivity index (χ0) is 16.6. The lowest BCUT2D eigenvalue weighted by Gasteiger charge is -2.05. The van der Waals surface area contributed by atoms with Crippen LogP contribution in [-0.2, 0) is 0 Å². The van der Waals surface area contributed by atoms with Crippen LogP contribution in [0.3, 0.4) is 0 Å². The predicted octanol–water partition coefficient (Wildman–Crippen LogP) is 2.16. The largest absolute Gasteiger partial charge is 0.322 e. The number of anilines is 1. The van der Waals surface area contributed by atoms with Gasteiger partial charge in [0.15, 0.2) is 0 Å². The summed E-state index contributed by atoms with van der Waals surface area (Å²) in [4.78, 5) is 30.7. The number of aromatic nitrogens is 4. The van der Waals surface area contributed by atoms with E-state index in [-0.39, 0.29) is 22.9 Å². The summed E-state index contributed by atoms with van der Waals surface area (Å²) in [6.45, 7) is 3.87. The summed E-state index contributed by atoms with van der Waals surface area (Å²) in [5, 5.41) is 9.59. The molecule has 2 aromatic heterocycles. The van der Waals surface area contributed by atoms with Gasteiger partial charge in [0.1, 0.15) is 11.6 Å². The Kier molecular flexibility index (Phi) is 3.65. The highest BCUT2D eigenvalue weighted by atomic mass is 19.1. The molecule has 0 radical (unpaired) electrons. The summed E-state index contributed by atoms with van der Waals surface area (Å²) in [6, 6.07) is 4.98. The number of rotatable bonds is 3. The Morgan fingerprint density at radius 1 is 1.30 bits per heavy atom. The minimum atomic E-state index is -0.540. The number of pyridine rings is 1. The zero-order valence-electron chi connectivity index (χ0n) is 12.5. The number of halogens is 1. The number of carbonyl (C=O) groups is 1. The summed E-state index contributed by atoms with van der Waals surface area (Å²) in [5.74, 6) is -0.146. The second kappa shape index (κ2) is 5.64. The van der Waals surface area contributed by atoms with E-state index in [2.05, 4.69) is 25.5 Å². The van der Waals surface area contributed by atoms with Gasteiger partial charge in [0, 0.05) is 17.4 Å². The number of benzene rings is 1. The second-order valence-corrected chi connectivity index (χ2v) is 5.39. The molecule has 0 fully saturated rings. The molecule has 0 bridgehead atoms. The van der Waals surface area contributed by atoms with Gasteiger partial charge in [0.05, 0.1) is 11.1 Å². The van der Waals surface area contributed by atoms with E-state index in [4.69, 9.17) is 0 Å². The van der Waals surface area contributed by atoms with E-state index in [9.17, 15) is 14.0 Å². The van der Waals surface area contributed by atoms with Gasteiger partial charge in [-0.3, -0.25) is 20.0 Å². The van der Waals surface area contributed by atoms with Gasteiger partial charge in [-0.25, -0.2) is 4.39 Å². The molecule has 1 aromatic carbocycles. The van der Waals surface area contributed by atoms with Crippen LogP contribution in [0.4, 0.5) is 10.3 Å². The summed E-state index contributed by atoms with van der Waals surface area (Å²) < 4.78 is 13.3. The van der Waals surface area contributed by atoms with Crippen LogP contribution in [0.2, 0.25) is 0 Å². The number of carbonyl (C=O) groups excluding carboxylic acids is 1. The van der Waals surface area contributed by atoms with E-state index >= 15 is 0 Å². The molecule has 0 unspecified atom stereocenters. The number of hydrogen-bond acceptors (Lipinski definition) is 4. The van der Waals surface area contributed by atoms with E-state index in [1.54, 1.807) is 0 Å². The topological polar surface area (TPSA) is 104 Å². The Hall–Kier alpha value is -3.03. The molecule has 0 atom stereocenters. The smallest absolute Gasteiger partial charge is 0.258 e. The summed E-state index contributed by atoms with van der Waals surface area (Å²) in [7, 11) is 0. The van der Waals surface area contributed by atoms with E-state index in [0.29, 0.717) is 11.2 Å². The standard InChI is InChI=1S/C15H14FN5O2/c1-7(2)13-18-15(21-20-13)19-14(23)10-6-12(22)17-11-5-8(16)3-4-9(10)11/h3-7H,1-2H3,(H,17,22)(H2,18,19,20,21,23). The normalized spacial score (nSPS) is 11.1. The fourth-order valence-corrected chi connectivity index (χ4v) is 2.18. The molecule has 0 aliphatic rings. The van der Waals surface area contributed by atoms with Crippen molar-refractivity contribution in [2.45, 2.75) is 19.8 Å². The van der Waals surface area contributed by atoms with Gasteiger partial charge in [0.25, 0.3) is 5.91 Å². The zero-order valence-corrected chi connectivity index (χ0v) is 12.5. The molecule has 0 spiro atoms. The van der Waals surface area contributed by atoms with Crippen LogP contribution in [0, 0.1) is 5.82 Å². The lowest BCUT2D eigenvalue weighted by Crippen LogP contribution is -2.17. The molecule has 3 aromatic rings. The molecular formula is C15H14FN5O2. The third-order valence-electron chi connectivity index (χ3n) is 3.32. The molecule has 7 nitrogen and oxygen atoms in total. The maximum absolute atomic E-state index is 13.3. The van der Waals surface area contributed by atoms with Gasteiger partial charge in [0.2, 0.25) is 11.5 Å². The molecule has 0 aliphatic carbocycles. The highest BCUT2D eigenvalue weighted by Gasteiger charge is 2.15. The predicted molar refractivity (Wildman–Crippen MR) is 83.0 cm³/mol. The number of amides is 1. The quantitative estimate of drug-likeness (QED) is 0.689. The SMILES string of the molecule is CC(C)c1nc(NC(=O)c2cc(=O)[nH]c3cc(F)ccc23)n[nH]1. The van der Waals surface area contributed by atoms with Gasteiger partial charge in [-0.2, -0.15) is 4.98 Å². The van der Waals surface area contributed by atoms with E-state index in [1.165, 1.54) is 12.1 Å². The molecule has 0 saturated heterocycles. The van der Waals surface area contributed by atoms with Crippen molar-refractivity contribution in [3.8, 4) is 0 Å². The number of fused-ring (bicyclic) bond motifs is 1. The minimum Gasteiger partial charge on any atom is -0.322 e. The van der Waals surface area contributed by atoms with Crippen LogP contribution >= 0.6 is 0 Å².